The molecule has 0 radical (unpaired) electrons. The van der Waals surface area contributed by atoms with Gasteiger partial charge in [-0.15, -0.1) is 24.0 Å². The number of carbonyl (C=O) groups excluding carboxylic acids is 1. The second kappa shape index (κ2) is 15.4. The van der Waals surface area contributed by atoms with Crippen molar-refractivity contribution in [1.82, 2.24) is 10.6 Å². The smallest absolute Gasteiger partial charge is 0.305 e. The predicted molar refractivity (Wildman–Crippen MR) is 104 cm³/mol. The fourth-order valence-electron chi connectivity index (χ4n) is 1.86. The molecule has 0 saturated carbocycles. The number of aliphatic imine (C=N–C) groups is 1. The number of esters is 1. The minimum absolute atomic E-state index is 0. The summed E-state index contributed by atoms with van der Waals surface area (Å²) in [6, 6.07) is 0.398. The van der Waals surface area contributed by atoms with E-state index < -0.39 is 0 Å². The van der Waals surface area contributed by atoms with Crippen LogP contribution in [0.3, 0.4) is 0 Å². The number of carbonyl (C=O) groups is 1. The number of ether oxygens (including phenoxy) is 1. The molecule has 0 amide bonds. The average molecular weight is 427 g/mol. The number of halogens is 1. The zero-order valence-corrected chi connectivity index (χ0v) is 17.1. The minimum Gasteiger partial charge on any atom is -0.466 e. The minimum atomic E-state index is -0.143. The summed E-state index contributed by atoms with van der Waals surface area (Å²) in [4.78, 5) is 15.7. The highest BCUT2D eigenvalue weighted by molar-refractivity contribution is 14.0. The lowest BCUT2D eigenvalue weighted by Gasteiger charge is -2.18. The Labute approximate surface area is 153 Å². The molecule has 0 aromatic heterocycles. The number of nitrogens with zero attached hydrogens (tertiary/aromatic N) is 1. The number of hydrogen-bond acceptors (Lipinski definition) is 3. The summed E-state index contributed by atoms with van der Waals surface area (Å²) in [5, 5.41) is 6.65. The van der Waals surface area contributed by atoms with Gasteiger partial charge in [0.2, 0.25) is 0 Å². The van der Waals surface area contributed by atoms with Crippen molar-refractivity contribution in [2.45, 2.75) is 66.3 Å². The highest BCUT2D eigenvalue weighted by Gasteiger charge is 2.06. The fraction of sp³-hybridized carbons (Fsp3) is 0.875. The van der Waals surface area contributed by atoms with Crippen LogP contribution in [0.2, 0.25) is 0 Å². The highest BCUT2D eigenvalue weighted by Crippen LogP contribution is 2.06. The molecule has 1 atom stereocenters. The van der Waals surface area contributed by atoms with Crippen molar-refractivity contribution in [3.05, 3.63) is 0 Å². The molecule has 0 aliphatic carbocycles. The molecule has 0 aromatic carbocycles. The molecular formula is C16H34IN3O2. The van der Waals surface area contributed by atoms with Crippen molar-refractivity contribution in [3.8, 4) is 0 Å². The fourth-order valence-corrected chi connectivity index (χ4v) is 1.86. The summed E-state index contributed by atoms with van der Waals surface area (Å²) in [5.74, 6) is 1.41. The van der Waals surface area contributed by atoms with Gasteiger partial charge in [0.1, 0.15) is 0 Å². The normalized spacial score (nSPS) is 12.5. The van der Waals surface area contributed by atoms with Crippen molar-refractivity contribution >= 4 is 35.9 Å². The Morgan fingerprint density at radius 1 is 1.18 bits per heavy atom. The van der Waals surface area contributed by atoms with Crippen LogP contribution in [0.15, 0.2) is 4.99 Å². The average Bonchev–Trinajstić information content (AvgIpc) is 2.41. The predicted octanol–water partition coefficient (Wildman–Crippen LogP) is 3.33. The molecule has 132 valence electrons. The Balaban J connectivity index is 0. The summed E-state index contributed by atoms with van der Waals surface area (Å²) in [6.07, 6.45) is 3.48. The largest absolute Gasteiger partial charge is 0.466 e. The first-order chi connectivity index (χ1) is 9.99. The second-order valence-electron chi connectivity index (χ2n) is 5.69. The lowest BCUT2D eigenvalue weighted by atomic mass is 10.0. The van der Waals surface area contributed by atoms with E-state index in [-0.39, 0.29) is 29.9 Å². The van der Waals surface area contributed by atoms with Crippen LogP contribution in [0.4, 0.5) is 0 Å². The van der Waals surface area contributed by atoms with E-state index in [1.54, 1.807) is 0 Å². The SMILES string of the molecule is CCNC(=NCCCC(=O)OCC)NC(C)CCC(C)C.I. The van der Waals surface area contributed by atoms with Gasteiger partial charge in [0.15, 0.2) is 5.96 Å². The van der Waals surface area contributed by atoms with Crippen molar-refractivity contribution < 1.29 is 9.53 Å². The van der Waals surface area contributed by atoms with Crippen molar-refractivity contribution in [2.24, 2.45) is 10.9 Å². The Morgan fingerprint density at radius 3 is 2.41 bits per heavy atom. The van der Waals surface area contributed by atoms with Crippen LogP contribution >= 0.6 is 24.0 Å². The van der Waals surface area contributed by atoms with Gasteiger partial charge in [-0.1, -0.05) is 13.8 Å². The molecule has 0 rings (SSSR count). The summed E-state index contributed by atoms with van der Waals surface area (Å²) < 4.78 is 4.90. The lowest BCUT2D eigenvalue weighted by Crippen LogP contribution is -2.42. The molecule has 0 heterocycles. The third-order valence-electron chi connectivity index (χ3n) is 3.02. The van der Waals surface area contributed by atoms with E-state index in [9.17, 15) is 4.79 Å². The standard InChI is InChI=1S/C16H33N3O2.HI/c1-6-17-16(19-14(5)11-10-13(3)4)18-12-8-9-15(20)21-7-2;/h13-14H,6-12H2,1-5H3,(H2,17,18,19);1H. The van der Waals surface area contributed by atoms with E-state index in [2.05, 4.69) is 43.3 Å². The molecule has 0 aliphatic heterocycles. The summed E-state index contributed by atoms with van der Waals surface area (Å²) in [5.41, 5.74) is 0. The summed E-state index contributed by atoms with van der Waals surface area (Å²) in [6.45, 7) is 12.4. The maximum Gasteiger partial charge on any atom is 0.305 e. The summed E-state index contributed by atoms with van der Waals surface area (Å²) >= 11 is 0. The first kappa shape index (κ1) is 23.7. The third-order valence-corrected chi connectivity index (χ3v) is 3.02. The Kier molecular flexibility index (Phi) is 16.6. The van der Waals surface area contributed by atoms with E-state index in [1.165, 1.54) is 6.42 Å². The van der Waals surface area contributed by atoms with Gasteiger partial charge in [-0.3, -0.25) is 9.79 Å². The van der Waals surface area contributed by atoms with E-state index >= 15 is 0 Å². The van der Waals surface area contributed by atoms with Gasteiger partial charge in [0.05, 0.1) is 6.61 Å². The number of rotatable bonds is 10. The van der Waals surface area contributed by atoms with Gasteiger partial charge < -0.3 is 15.4 Å². The Morgan fingerprint density at radius 2 is 1.86 bits per heavy atom. The van der Waals surface area contributed by atoms with E-state index in [4.69, 9.17) is 4.74 Å². The molecule has 5 nitrogen and oxygen atoms in total. The molecule has 2 N–H and O–H groups in total. The number of hydrogen-bond donors (Lipinski definition) is 2. The van der Waals surface area contributed by atoms with Crippen LogP contribution in [0, 0.1) is 5.92 Å². The monoisotopic (exact) mass is 427 g/mol. The first-order valence-corrected chi connectivity index (χ1v) is 8.20. The highest BCUT2D eigenvalue weighted by atomic mass is 127. The Hall–Kier alpha value is -0.530. The van der Waals surface area contributed by atoms with E-state index in [0.29, 0.717) is 25.6 Å². The molecule has 0 spiro atoms. The zero-order valence-electron chi connectivity index (χ0n) is 14.8. The quantitative estimate of drug-likeness (QED) is 0.185. The molecule has 22 heavy (non-hydrogen) atoms. The second-order valence-corrected chi connectivity index (χ2v) is 5.69. The van der Waals surface area contributed by atoms with Crippen LogP contribution in [-0.4, -0.2) is 37.7 Å². The topological polar surface area (TPSA) is 62.7 Å². The van der Waals surface area contributed by atoms with Gasteiger partial charge in [-0.05, 0) is 46.0 Å². The Bertz CT molecular complexity index is 310. The molecular weight excluding hydrogens is 393 g/mol. The van der Waals surface area contributed by atoms with Crippen molar-refractivity contribution in [1.29, 1.82) is 0 Å². The van der Waals surface area contributed by atoms with E-state index in [1.807, 2.05) is 6.92 Å². The number of guanidine groups is 1. The van der Waals surface area contributed by atoms with Crippen molar-refractivity contribution in [2.75, 3.05) is 19.7 Å². The van der Waals surface area contributed by atoms with Crippen LogP contribution in [0.5, 0.6) is 0 Å². The molecule has 0 aromatic rings. The van der Waals surface area contributed by atoms with Crippen LogP contribution in [-0.2, 0) is 9.53 Å². The maximum absolute atomic E-state index is 11.2. The third kappa shape index (κ3) is 14.4. The molecule has 0 aliphatic rings. The molecule has 0 bridgehead atoms. The van der Waals surface area contributed by atoms with Crippen LogP contribution in [0.25, 0.3) is 0 Å². The van der Waals surface area contributed by atoms with Gasteiger partial charge in [0, 0.05) is 25.6 Å². The molecule has 6 heteroatoms. The van der Waals surface area contributed by atoms with Gasteiger partial charge in [-0.2, -0.15) is 0 Å². The number of nitrogens with one attached hydrogen (secondary N) is 2. The van der Waals surface area contributed by atoms with Gasteiger partial charge in [0.25, 0.3) is 0 Å². The lowest BCUT2D eigenvalue weighted by molar-refractivity contribution is -0.143. The van der Waals surface area contributed by atoms with Gasteiger partial charge >= 0.3 is 5.97 Å². The van der Waals surface area contributed by atoms with Crippen molar-refractivity contribution in [3.63, 3.8) is 0 Å². The summed E-state index contributed by atoms with van der Waals surface area (Å²) in [7, 11) is 0. The molecule has 0 saturated heterocycles. The van der Waals surface area contributed by atoms with E-state index in [0.717, 1.165) is 31.3 Å². The maximum atomic E-state index is 11.2. The van der Waals surface area contributed by atoms with Crippen LogP contribution in [0.1, 0.15) is 60.3 Å². The van der Waals surface area contributed by atoms with Crippen LogP contribution < -0.4 is 10.6 Å². The molecule has 0 fully saturated rings. The first-order valence-electron chi connectivity index (χ1n) is 8.20. The molecule has 1 unspecified atom stereocenters. The van der Waals surface area contributed by atoms with Gasteiger partial charge in [-0.25, -0.2) is 0 Å². The zero-order chi connectivity index (χ0) is 16.1.